The highest BCUT2D eigenvalue weighted by Crippen LogP contribution is 2.35. The summed E-state index contributed by atoms with van der Waals surface area (Å²) in [5, 5.41) is 0. The molecule has 0 radical (unpaired) electrons. The Morgan fingerprint density at radius 1 is 1.25 bits per heavy atom. The first-order valence-corrected chi connectivity index (χ1v) is 7.02. The molecule has 0 atom stereocenters. The van der Waals surface area contributed by atoms with E-state index in [-0.39, 0.29) is 11.2 Å². The molecule has 1 aliphatic heterocycles. The van der Waals surface area contributed by atoms with E-state index < -0.39 is 15.9 Å². The lowest BCUT2D eigenvalue weighted by Crippen LogP contribution is -2.47. The maximum absolute atomic E-state index is 10.7. The van der Waals surface area contributed by atoms with Crippen molar-refractivity contribution in [3.8, 4) is 0 Å². The fraction of sp³-hybridized carbons (Fsp3) is 1.00. The van der Waals surface area contributed by atoms with E-state index in [1.807, 2.05) is 20.8 Å². The molecular formula is C10H20O5S. The molecule has 1 aliphatic rings. The first-order chi connectivity index (χ1) is 7.18. The number of hydrogen-bond acceptors (Lipinski definition) is 4. The molecular weight excluding hydrogens is 232 g/mol. The molecule has 1 fully saturated rings. The van der Waals surface area contributed by atoms with Crippen LogP contribution in [0, 0.1) is 5.41 Å². The Balaban J connectivity index is 2.60. The molecule has 0 aromatic heterocycles. The van der Waals surface area contributed by atoms with Crippen LogP contribution in [0.2, 0.25) is 0 Å². The van der Waals surface area contributed by atoms with Crippen LogP contribution in [-0.2, 0) is 19.6 Å². The van der Waals surface area contributed by atoms with Gasteiger partial charge in [-0.05, 0) is 26.7 Å². The summed E-state index contributed by atoms with van der Waals surface area (Å²) in [4.78, 5) is 0. The van der Waals surface area contributed by atoms with Crippen molar-refractivity contribution in [3.63, 3.8) is 0 Å². The maximum atomic E-state index is 10.7. The highest BCUT2D eigenvalue weighted by molar-refractivity contribution is 7.85. The van der Waals surface area contributed by atoms with E-state index in [2.05, 4.69) is 0 Å². The van der Waals surface area contributed by atoms with E-state index in [4.69, 9.17) is 14.0 Å². The molecule has 1 rings (SSSR count). The molecule has 16 heavy (non-hydrogen) atoms. The van der Waals surface area contributed by atoms with Crippen LogP contribution >= 0.6 is 0 Å². The van der Waals surface area contributed by atoms with Gasteiger partial charge in [0.15, 0.2) is 5.79 Å². The standard InChI is InChI=1S/C10H20O5S/c1-4-10(5-6-16(11,12)13)7-14-9(2,3)15-8-10/h4-8H2,1-3H3,(H,11,12,13). The third-order valence-electron chi connectivity index (χ3n) is 3.09. The van der Waals surface area contributed by atoms with Gasteiger partial charge in [-0.3, -0.25) is 4.55 Å². The van der Waals surface area contributed by atoms with Crippen LogP contribution in [-0.4, -0.2) is 37.7 Å². The number of rotatable bonds is 4. The van der Waals surface area contributed by atoms with Crippen molar-refractivity contribution in [1.29, 1.82) is 0 Å². The van der Waals surface area contributed by atoms with E-state index in [0.29, 0.717) is 19.6 Å². The van der Waals surface area contributed by atoms with Crippen LogP contribution in [0.25, 0.3) is 0 Å². The average molecular weight is 252 g/mol. The van der Waals surface area contributed by atoms with Crippen LogP contribution in [0.3, 0.4) is 0 Å². The van der Waals surface area contributed by atoms with Crippen molar-refractivity contribution < 1.29 is 22.4 Å². The topological polar surface area (TPSA) is 72.8 Å². The third kappa shape index (κ3) is 4.01. The summed E-state index contributed by atoms with van der Waals surface area (Å²) in [6, 6.07) is 0. The van der Waals surface area contributed by atoms with Crippen molar-refractivity contribution in [2.75, 3.05) is 19.0 Å². The van der Waals surface area contributed by atoms with Gasteiger partial charge in [0.05, 0.1) is 19.0 Å². The Morgan fingerprint density at radius 2 is 1.75 bits per heavy atom. The average Bonchev–Trinajstić information content (AvgIpc) is 2.16. The summed E-state index contributed by atoms with van der Waals surface area (Å²) in [6.07, 6.45) is 1.12. The van der Waals surface area contributed by atoms with Gasteiger partial charge in [-0.15, -0.1) is 0 Å². The van der Waals surface area contributed by atoms with Gasteiger partial charge in [-0.1, -0.05) is 6.92 Å². The molecule has 96 valence electrons. The minimum atomic E-state index is -3.91. The second-order valence-corrected chi connectivity index (χ2v) is 6.44. The van der Waals surface area contributed by atoms with Gasteiger partial charge in [0.1, 0.15) is 0 Å². The molecule has 0 aromatic rings. The van der Waals surface area contributed by atoms with Gasteiger partial charge in [0.25, 0.3) is 10.1 Å². The zero-order chi connectivity index (χ0) is 12.4. The van der Waals surface area contributed by atoms with E-state index in [1.54, 1.807) is 0 Å². The lowest BCUT2D eigenvalue weighted by Gasteiger charge is -2.43. The third-order valence-corrected chi connectivity index (χ3v) is 3.81. The molecule has 0 saturated carbocycles. The highest BCUT2D eigenvalue weighted by Gasteiger charge is 2.39. The van der Waals surface area contributed by atoms with Crippen LogP contribution < -0.4 is 0 Å². The van der Waals surface area contributed by atoms with Crippen LogP contribution in [0.15, 0.2) is 0 Å². The van der Waals surface area contributed by atoms with Crippen molar-refractivity contribution >= 4 is 10.1 Å². The molecule has 5 nitrogen and oxygen atoms in total. The fourth-order valence-electron chi connectivity index (χ4n) is 1.61. The Kier molecular flexibility index (Phi) is 3.99. The van der Waals surface area contributed by atoms with Crippen molar-refractivity contribution in [2.24, 2.45) is 5.41 Å². The lowest BCUT2D eigenvalue weighted by molar-refractivity contribution is -0.286. The predicted octanol–water partition coefficient (Wildman–Crippen LogP) is 1.44. The van der Waals surface area contributed by atoms with Gasteiger partial charge in [-0.25, -0.2) is 0 Å². The Morgan fingerprint density at radius 3 is 2.12 bits per heavy atom. The summed E-state index contributed by atoms with van der Waals surface area (Å²) < 4.78 is 41.3. The highest BCUT2D eigenvalue weighted by atomic mass is 32.2. The van der Waals surface area contributed by atoms with Crippen molar-refractivity contribution in [2.45, 2.75) is 39.4 Å². The largest absolute Gasteiger partial charge is 0.350 e. The van der Waals surface area contributed by atoms with Crippen molar-refractivity contribution in [1.82, 2.24) is 0 Å². The van der Waals surface area contributed by atoms with Gasteiger partial charge in [0.2, 0.25) is 0 Å². The monoisotopic (exact) mass is 252 g/mol. The maximum Gasteiger partial charge on any atom is 0.264 e. The summed E-state index contributed by atoms with van der Waals surface area (Å²) in [6.45, 7) is 6.55. The van der Waals surface area contributed by atoms with Crippen LogP contribution in [0.5, 0.6) is 0 Å². The Bertz CT molecular complexity index is 323. The first kappa shape index (κ1) is 13.9. The summed E-state index contributed by atoms with van der Waals surface area (Å²) in [7, 11) is -3.91. The minimum absolute atomic E-state index is 0.242. The molecule has 1 N–H and O–H groups in total. The number of hydrogen-bond donors (Lipinski definition) is 1. The number of ether oxygens (including phenoxy) is 2. The minimum Gasteiger partial charge on any atom is -0.350 e. The molecule has 6 heteroatoms. The van der Waals surface area contributed by atoms with E-state index >= 15 is 0 Å². The molecule has 0 bridgehead atoms. The molecule has 1 heterocycles. The second kappa shape index (κ2) is 4.60. The van der Waals surface area contributed by atoms with Crippen LogP contribution in [0.1, 0.15) is 33.6 Å². The summed E-state index contributed by atoms with van der Waals surface area (Å²) in [5.41, 5.74) is -0.300. The van der Waals surface area contributed by atoms with Gasteiger partial charge in [0, 0.05) is 5.41 Å². The smallest absolute Gasteiger partial charge is 0.264 e. The van der Waals surface area contributed by atoms with Gasteiger partial charge in [-0.2, -0.15) is 8.42 Å². The summed E-state index contributed by atoms with van der Waals surface area (Å²) in [5.74, 6) is -0.843. The molecule has 1 saturated heterocycles. The second-order valence-electron chi connectivity index (χ2n) is 4.87. The lowest BCUT2D eigenvalue weighted by atomic mass is 9.83. The van der Waals surface area contributed by atoms with E-state index in [1.165, 1.54) is 0 Å². The van der Waals surface area contributed by atoms with Crippen molar-refractivity contribution in [3.05, 3.63) is 0 Å². The SMILES string of the molecule is CCC1(CCS(=O)(=O)O)COC(C)(C)OC1. The normalized spacial score (nSPS) is 24.2. The zero-order valence-corrected chi connectivity index (χ0v) is 10.8. The summed E-state index contributed by atoms with van der Waals surface area (Å²) >= 11 is 0. The quantitative estimate of drug-likeness (QED) is 0.766. The molecule has 0 aliphatic carbocycles. The Labute approximate surface area is 96.9 Å². The first-order valence-electron chi connectivity index (χ1n) is 5.41. The van der Waals surface area contributed by atoms with E-state index in [0.717, 1.165) is 6.42 Å². The van der Waals surface area contributed by atoms with E-state index in [9.17, 15) is 8.42 Å². The Hall–Kier alpha value is -0.170. The van der Waals surface area contributed by atoms with Gasteiger partial charge < -0.3 is 9.47 Å². The molecule has 0 unspecified atom stereocenters. The molecule has 0 spiro atoms. The van der Waals surface area contributed by atoms with Crippen LogP contribution in [0.4, 0.5) is 0 Å². The molecule has 0 amide bonds. The predicted molar refractivity (Wildman–Crippen MR) is 59.7 cm³/mol. The zero-order valence-electron chi connectivity index (χ0n) is 10.0. The van der Waals surface area contributed by atoms with Gasteiger partial charge >= 0.3 is 0 Å². The fourth-order valence-corrected chi connectivity index (χ4v) is 2.30. The molecule has 0 aromatic carbocycles.